The monoisotopic (exact) mass is 510 g/mol. The Morgan fingerprint density at radius 3 is 2.24 bits per heavy atom. The van der Waals surface area contributed by atoms with Crippen LogP contribution in [0.15, 0.2) is 101 Å². The molecule has 0 bridgehead atoms. The smallest absolute Gasteiger partial charge is 0.323 e. The summed E-state index contributed by atoms with van der Waals surface area (Å²) in [6.45, 7) is -0.274. The van der Waals surface area contributed by atoms with Crippen LogP contribution >= 0.6 is 0 Å². The number of hydrogen-bond donors (Lipinski definition) is 3. The van der Waals surface area contributed by atoms with Gasteiger partial charge < -0.3 is 21.1 Å². The van der Waals surface area contributed by atoms with Crippen molar-refractivity contribution in [2.45, 2.75) is 24.5 Å². The molecule has 4 N–H and O–H groups in total. The van der Waals surface area contributed by atoms with Gasteiger partial charge in [-0.2, -0.15) is 0 Å². The number of rotatable bonds is 8. The standard InChI is InChI=1S/C28H26N6O4/c29-17-22(35)30-21(16-18-10-4-1-5-11-18)25(36)31-24-23(19-12-6-2-7-13-19)32-28-34(27(24)37)33-26(38-28)20-14-8-3-9-15-20/h1-15,21,23-24H,16-17,29H2,(H,30,35)(H,31,36)/t21-,23+,24-/m0/s1. The number of hydrazone groups is 1. The summed E-state index contributed by atoms with van der Waals surface area (Å²) in [5.41, 5.74) is 7.72. The second-order valence-electron chi connectivity index (χ2n) is 8.79. The molecule has 0 aromatic heterocycles. The van der Waals surface area contributed by atoms with E-state index in [4.69, 9.17) is 10.5 Å². The van der Waals surface area contributed by atoms with Gasteiger partial charge in [0.05, 0.1) is 6.54 Å². The average molecular weight is 511 g/mol. The van der Waals surface area contributed by atoms with Crippen molar-refractivity contribution in [3.8, 4) is 0 Å². The number of amides is 3. The lowest BCUT2D eigenvalue weighted by atomic mass is 9.96. The third-order valence-electron chi connectivity index (χ3n) is 6.18. The van der Waals surface area contributed by atoms with Crippen molar-refractivity contribution in [3.63, 3.8) is 0 Å². The second-order valence-corrected chi connectivity index (χ2v) is 8.79. The van der Waals surface area contributed by atoms with Gasteiger partial charge in [0.25, 0.3) is 5.91 Å². The minimum atomic E-state index is -1.09. The van der Waals surface area contributed by atoms with E-state index in [2.05, 4.69) is 20.7 Å². The highest BCUT2D eigenvalue weighted by Gasteiger charge is 2.45. The first-order chi connectivity index (χ1) is 18.5. The van der Waals surface area contributed by atoms with Crippen molar-refractivity contribution in [3.05, 3.63) is 108 Å². The van der Waals surface area contributed by atoms with Crippen LogP contribution in [0.5, 0.6) is 0 Å². The van der Waals surface area contributed by atoms with Crippen LogP contribution in [0.25, 0.3) is 0 Å². The number of aliphatic imine (C=N–C) groups is 1. The molecule has 0 spiro atoms. The first-order valence-corrected chi connectivity index (χ1v) is 12.2. The molecule has 0 saturated carbocycles. The lowest BCUT2D eigenvalue weighted by Crippen LogP contribution is -2.58. The minimum Gasteiger partial charge on any atom is -0.403 e. The molecule has 10 heteroatoms. The molecule has 3 atom stereocenters. The summed E-state index contributed by atoms with van der Waals surface area (Å²) >= 11 is 0. The Morgan fingerprint density at radius 1 is 0.947 bits per heavy atom. The molecule has 0 aliphatic carbocycles. The van der Waals surface area contributed by atoms with Gasteiger partial charge in [-0.15, -0.1) is 10.1 Å². The largest absolute Gasteiger partial charge is 0.403 e. The minimum absolute atomic E-state index is 0.0328. The van der Waals surface area contributed by atoms with Crippen LogP contribution in [0, 0.1) is 0 Å². The van der Waals surface area contributed by atoms with Crippen molar-refractivity contribution in [1.82, 2.24) is 15.6 Å². The van der Waals surface area contributed by atoms with E-state index in [9.17, 15) is 14.4 Å². The summed E-state index contributed by atoms with van der Waals surface area (Å²) in [7, 11) is 0. The highest BCUT2D eigenvalue weighted by Crippen LogP contribution is 2.30. The van der Waals surface area contributed by atoms with Gasteiger partial charge in [0.2, 0.25) is 17.7 Å². The molecule has 0 radical (unpaired) electrons. The molecule has 3 amide bonds. The van der Waals surface area contributed by atoms with Crippen molar-refractivity contribution in [1.29, 1.82) is 0 Å². The molecule has 192 valence electrons. The van der Waals surface area contributed by atoms with Gasteiger partial charge in [0.15, 0.2) is 0 Å². The van der Waals surface area contributed by atoms with Crippen molar-refractivity contribution in [2.75, 3.05) is 6.54 Å². The van der Waals surface area contributed by atoms with Gasteiger partial charge in [0.1, 0.15) is 18.1 Å². The number of carbonyl (C=O) groups excluding carboxylic acids is 3. The van der Waals surface area contributed by atoms with Crippen LogP contribution in [0.3, 0.4) is 0 Å². The number of carbonyl (C=O) groups is 3. The fourth-order valence-corrected chi connectivity index (χ4v) is 4.29. The normalized spacial score (nSPS) is 19.0. The van der Waals surface area contributed by atoms with Crippen LogP contribution in [0.4, 0.5) is 0 Å². The van der Waals surface area contributed by atoms with Gasteiger partial charge in [-0.05, 0) is 23.3 Å². The molecule has 2 aliphatic heterocycles. The molecular weight excluding hydrogens is 484 g/mol. The second kappa shape index (κ2) is 11.1. The Labute approximate surface area is 219 Å². The lowest BCUT2D eigenvalue weighted by molar-refractivity contribution is -0.136. The number of fused-ring (bicyclic) bond motifs is 1. The summed E-state index contributed by atoms with van der Waals surface area (Å²) in [5, 5.41) is 10.9. The third kappa shape index (κ3) is 5.30. The molecule has 3 aromatic rings. The SMILES string of the molecule is NCC(=O)N[C@@H](Cc1ccccc1)C(=O)N[C@@H]1C(=O)N2N=C(c3ccccc3)OC2=N[C@@H]1c1ccccc1. The van der Waals surface area contributed by atoms with E-state index < -0.39 is 35.8 Å². The Balaban J connectivity index is 1.45. The van der Waals surface area contributed by atoms with Gasteiger partial charge in [-0.25, -0.2) is 4.99 Å². The number of nitrogens with zero attached hydrogens (tertiary/aromatic N) is 3. The van der Waals surface area contributed by atoms with E-state index >= 15 is 0 Å². The van der Waals surface area contributed by atoms with E-state index in [-0.39, 0.29) is 24.9 Å². The molecule has 2 aliphatic rings. The number of hydrogen-bond acceptors (Lipinski definition) is 7. The van der Waals surface area contributed by atoms with E-state index in [1.165, 1.54) is 0 Å². The van der Waals surface area contributed by atoms with Crippen molar-refractivity contribution < 1.29 is 19.1 Å². The zero-order chi connectivity index (χ0) is 26.5. The summed E-state index contributed by atoms with van der Waals surface area (Å²) < 4.78 is 5.84. The fraction of sp³-hybridized carbons (Fsp3) is 0.179. The molecule has 3 aromatic carbocycles. The average Bonchev–Trinajstić information content (AvgIpc) is 3.40. The van der Waals surface area contributed by atoms with Gasteiger partial charge in [0, 0.05) is 12.0 Å². The third-order valence-corrected chi connectivity index (χ3v) is 6.18. The molecule has 2 heterocycles. The van der Waals surface area contributed by atoms with Crippen LogP contribution in [0.1, 0.15) is 22.7 Å². The highest BCUT2D eigenvalue weighted by molar-refractivity contribution is 6.12. The van der Waals surface area contributed by atoms with E-state index in [1.54, 1.807) is 0 Å². The zero-order valence-corrected chi connectivity index (χ0v) is 20.4. The first-order valence-electron chi connectivity index (χ1n) is 12.2. The Hall–Kier alpha value is -4.83. The fourth-order valence-electron chi connectivity index (χ4n) is 4.29. The van der Waals surface area contributed by atoms with Gasteiger partial charge >= 0.3 is 6.02 Å². The molecule has 0 unspecified atom stereocenters. The molecule has 0 saturated heterocycles. The van der Waals surface area contributed by atoms with Crippen LogP contribution < -0.4 is 16.4 Å². The number of nitrogens with two attached hydrogens (primary N) is 1. The molecule has 5 rings (SSSR count). The maximum absolute atomic E-state index is 13.7. The predicted octanol–water partition coefficient (Wildman–Crippen LogP) is 1.49. The van der Waals surface area contributed by atoms with Crippen molar-refractivity contribution >= 4 is 29.6 Å². The van der Waals surface area contributed by atoms with E-state index in [0.717, 1.165) is 10.6 Å². The van der Waals surface area contributed by atoms with Gasteiger partial charge in [-0.1, -0.05) is 78.9 Å². The summed E-state index contributed by atoms with van der Waals surface area (Å²) in [4.78, 5) is 44.0. The van der Waals surface area contributed by atoms with Crippen LogP contribution in [-0.4, -0.2) is 53.3 Å². The molecule has 10 nitrogen and oxygen atoms in total. The Bertz CT molecular complexity index is 1380. The maximum Gasteiger partial charge on any atom is 0.323 e. The zero-order valence-electron chi connectivity index (χ0n) is 20.4. The molecular formula is C28H26N6O4. The Morgan fingerprint density at radius 2 is 1.58 bits per heavy atom. The highest BCUT2D eigenvalue weighted by atomic mass is 16.5. The molecule has 38 heavy (non-hydrogen) atoms. The predicted molar refractivity (Wildman–Crippen MR) is 141 cm³/mol. The summed E-state index contributed by atoms with van der Waals surface area (Å²) in [6.07, 6.45) is 0.215. The first kappa shape index (κ1) is 24.8. The van der Waals surface area contributed by atoms with Crippen LogP contribution in [-0.2, 0) is 25.5 Å². The quantitative estimate of drug-likeness (QED) is 0.422. The van der Waals surface area contributed by atoms with E-state index in [0.29, 0.717) is 11.1 Å². The maximum atomic E-state index is 13.7. The number of amidine groups is 1. The Kier molecular flexibility index (Phi) is 7.23. The number of benzene rings is 3. The van der Waals surface area contributed by atoms with Crippen LogP contribution in [0.2, 0.25) is 0 Å². The number of nitrogens with one attached hydrogen (secondary N) is 2. The lowest BCUT2D eigenvalue weighted by Gasteiger charge is -2.31. The van der Waals surface area contributed by atoms with Gasteiger partial charge in [-0.3, -0.25) is 14.4 Å². The summed E-state index contributed by atoms with van der Waals surface area (Å²) in [5.74, 6) is -1.30. The number of ether oxygens (including phenoxy) is 1. The summed E-state index contributed by atoms with van der Waals surface area (Å²) in [6, 6.07) is 24.8. The molecule has 0 fully saturated rings. The topological polar surface area (TPSA) is 138 Å². The van der Waals surface area contributed by atoms with E-state index in [1.807, 2.05) is 91.0 Å². The van der Waals surface area contributed by atoms with Crippen molar-refractivity contribution in [2.24, 2.45) is 15.8 Å².